The van der Waals surface area contributed by atoms with E-state index >= 15 is 0 Å². The van der Waals surface area contributed by atoms with Crippen LogP contribution in [0.25, 0.3) is 10.8 Å². The third kappa shape index (κ3) is 2.48. The van der Waals surface area contributed by atoms with Gasteiger partial charge in [-0.1, -0.05) is 54.6 Å². The second-order valence-electron chi connectivity index (χ2n) is 5.36. The standard InChI is InChI=1S/C20H19NO/c1-3-21(20(22)17-12-6-4-9-15(17)2)19-14-8-11-16-10-5-7-13-18(16)19/h4-14H,3H2,1-2H3. The number of benzene rings is 3. The summed E-state index contributed by atoms with van der Waals surface area (Å²) in [6.07, 6.45) is 0. The van der Waals surface area contributed by atoms with Crippen molar-refractivity contribution >= 4 is 22.4 Å². The molecular formula is C20H19NO. The first kappa shape index (κ1) is 14.3. The summed E-state index contributed by atoms with van der Waals surface area (Å²) in [4.78, 5) is 14.8. The van der Waals surface area contributed by atoms with Crippen molar-refractivity contribution in [1.29, 1.82) is 0 Å². The van der Waals surface area contributed by atoms with Crippen molar-refractivity contribution in [2.45, 2.75) is 13.8 Å². The van der Waals surface area contributed by atoms with Gasteiger partial charge in [-0.3, -0.25) is 4.79 Å². The molecule has 0 spiro atoms. The molecule has 0 N–H and O–H groups in total. The third-order valence-corrected chi connectivity index (χ3v) is 3.99. The van der Waals surface area contributed by atoms with E-state index in [1.807, 2.05) is 67.3 Å². The van der Waals surface area contributed by atoms with Gasteiger partial charge in [0.05, 0.1) is 5.69 Å². The molecule has 0 unspecified atom stereocenters. The van der Waals surface area contributed by atoms with E-state index in [-0.39, 0.29) is 5.91 Å². The minimum atomic E-state index is 0.0527. The Morgan fingerprint density at radius 3 is 2.36 bits per heavy atom. The highest BCUT2D eigenvalue weighted by Gasteiger charge is 2.19. The highest BCUT2D eigenvalue weighted by Crippen LogP contribution is 2.28. The Morgan fingerprint density at radius 2 is 1.59 bits per heavy atom. The molecule has 0 heterocycles. The van der Waals surface area contributed by atoms with Crippen LogP contribution in [0.15, 0.2) is 66.7 Å². The van der Waals surface area contributed by atoms with Gasteiger partial charge in [0.25, 0.3) is 5.91 Å². The number of nitrogens with zero attached hydrogens (tertiary/aromatic N) is 1. The van der Waals surface area contributed by atoms with Crippen molar-refractivity contribution in [1.82, 2.24) is 0 Å². The predicted molar refractivity (Wildman–Crippen MR) is 92.5 cm³/mol. The molecule has 0 saturated heterocycles. The summed E-state index contributed by atoms with van der Waals surface area (Å²) in [7, 11) is 0. The molecule has 0 aromatic heterocycles. The van der Waals surface area contributed by atoms with E-state index in [1.54, 1.807) is 0 Å². The number of hydrogen-bond acceptors (Lipinski definition) is 1. The van der Waals surface area contributed by atoms with Crippen LogP contribution < -0.4 is 4.90 Å². The maximum Gasteiger partial charge on any atom is 0.258 e. The number of anilines is 1. The number of carbonyl (C=O) groups excluding carboxylic acids is 1. The minimum Gasteiger partial charge on any atom is -0.308 e. The number of aryl methyl sites for hydroxylation is 1. The van der Waals surface area contributed by atoms with Crippen molar-refractivity contribution in [3.63, 3.8) is 0 Å². The lowest BCUT2D eigenvalue weighted by atomic mass is 10.0. The fourth-order valence-corrected chi connectivity index (χ4v) is 2.83. The van der Waals surface area contributed by atoms with Crippen molar-refractivity contribution < 1.29 is 4.79 Å². The van der Waals surface area contributed by atoms with Crippen LogP contribution in [0.3, 0.4) is 0 Å². The Kier molecular flexibility index (Phi) is 3.92. The predicted octanol–water partition coefficient (Wildman–Crippen LogP) is 4.81. The molecule has 0 aliphatic rings. The van der Waals surface area contributed by atoms with Gasteiger partial charge in [-0.15, -0.1) is 0 Å². The molecule has 0 saturated carbocycles. The minimum absolute atomic E-state index is 0.0527. The normalized spacial score (nSPS) is 10.6. The summed E-state index contributed by atoms with van der Waals surface area (Å²) in [5.74, 6) is 0.0527. The largest absolute Gasteiger partial charge is 0.308 e. The summed E-state index contributed by atoms with van der Waals surface area (Å²) in [5.41, 5.74) is 2.73. The van der Waals surface area contributed by atoms with Crippen LogP contribution in [-0.2, 0) is 0 Å². The fraction of sp³-hybridized carbons (Fsp3) is 0.150. The molecule has 0 aliphatic heterocycles. The number of hydrogen-bond donors (Lipinski definition) is 0. The summed E-state index contributed by atoms with van der Waals surface area (Å²) in [6, 6.07) is 22.0. The van der Waals surface area contributed by atoms with Crippen LogP contribution in [-0.4, -0.2) is 12.5 Å². The van der Waals surface area contributed by atoms with Gasteiger partial charge in [0.1, 0.15) is 0 Å². The SMILES string of the molecule is CCN(C(=O)c1ccccc1C)c1cccc2ccccc12. The van der Waals surface area contributed by atoms with Gasteiger partial charge in [0.2, 0.25) is 0 Å². The quantitative estimate of drug-likeness (QED) is 0.677. The van der Waals surface area contributed by atoms with Crippen molar-refractivity contribution in [2.24, 2.45) is 0 Å². The van der Waals surface area contributed by atoms with Crippen LogP contribution in [0.2, 0.25) is 0 Å². The summed E-state index contributed by atoms with van der Waals surface area (Å²) in [6.45, 7) is 4.63. The molecule has 22 heavy (non-hydrogen) atoms. The molecule has 3 aromatic rings. The van der Waals surface area contributed by atoms with Crippen LogP contribution in [0.5, 0.6) is 0 Å². The Labute approximate surface area is 131 Å². The number of rotatable bonds is 3. The van der Waals surface area contributed by atoms with E-state index in [2.05, 4.69) is 18.2 Å². The van der Waals surface area contributed by atoms with Crippen molar-refractivity contribution in [3.05, 3.63) is 77.9 Å². The average molecular weight is 289 g/mol. The smallest absolute Gasteiger partial charge is 0.258 e. The van der Waals surface area contributed by atoms with Gasteiger partial charge in [0.15, 0.2) is 0 Å². The lowest BCUT2D eigenvalue weighted by molar-refractivity contribution is 0.0988. The maximum absolute atomic E-state index is 13.0. The maximum atomic E-state index is 13.0. The molecule has 0 aliphatic carbocycles. The number of amides is 1. The van der Waals surface area contributed by atoms with Gasteiger partial charge in [-0.05, 0) is 36.9 Å². The molecule has 1 amide bonds. The van der Waals surface area contributed by atoms with Crippen LogP contribution in [0, 0.1) is 6.92 Å². The average Bonchev–Trinajstić information content (AvgIpc) is 2.56. The van der Waals surface area contributed by atoms with E-state index in [0.717, 1.165) is 27.6 Å². The zero-order chi connectivity index (χ0) is 15.5. The first-order valence-electron chi connectivity index (χ1n) is 7.57. The van der Waals surface area contributed by atoms with E-state index in [1.165, 1.54) is 0 Å². The fourth-order valence-electron chi connectivity index (χ4n) is 2.83. The van der Waals surface area contributed by atoms with Crippen molar-refractivity contribution in [2.75, 3.05) is 11.4 Å². The first-order chi connectivity index (χ1) is 10.7. The van der Waals surface area contributed by atoms with Gasteiger partial charge in [-0.2, -0.15) is 0 Å². The summed E-state index contributed by atoms with van der Waals surface area (Å²) in [5, 5.41) is 2.25. The summed E-state index contributed by atoms with van der Waals surface area (Å²) < 4.78 is 0. The molecule has 0 bridgehead atoms. The zero-order valence-electron chi connectivity index (χ0n) is 12.9. The Morgan fingerprint density at radius 1 is 0.909 bits per heavy atom. The zero-order valence-corrected chi connectivity index (χ0v) is 12.9. The van der Waals surface area contributed by atoms with Gasteiger partial charge >= 0.3 is 0 Å². The van der Waals surface area contributed by atoms with Gasteiger partial charge in [-0.25, -0.2) is 0 Å². The second-order valence-corrected chi connectivity index (χ2v) is 5.36. The molecule has 0 atom stereocenters. The monoisotopic (exact) mass is 289 g/mol. The van der Waals surface area contributed by atoms with E-state index < -0.39 is 0 Å². The van der Waals surface area contributed by atoms with Gasteiger partial charge in [0, 0.05) is 17.5 Å². The Bertz CT molecular complexity index is 817. The summed E-state index contributed by atoms with van der Waals surface area (Å²) >= 11 is 0. The lowest BCUT2D eigenvalue weighted by Gasteiger charge is -2.23. The third-order valence-electron chi connectivity index (χ3n) is 3.99. The molecule has 0 fully saturated rings. The number of carbonyl (C=O) groups is 1. The van der Waals surface area contributed by atoms with Gasteiger partial charge < -0.3 is 4.90 Å². The van der Waals surface area contributed by atoms with Crippen LogP contribution in [0.4, 0.5) is 5.69 Å². The Hall–Kier alpha value is -2.61. The lowest BCUT2D eigenvalue weighted by Crippen LogP contribution is -2.31. The van der Waals surface area contributed by atoms with E-state index in [0.29, 0.717) is 6.54 Å². The second kappa shape index (κ2) is 6.02. The first-order valence-corrected chi connectivity index (χ1v) is 7.57. The van der Waals surface area contributed by atoms with Crippen molar-refractivity contribution in [3.8, 4) is 0 Å². The number of fused-ring (bicyclic) bond motifs is 1. The molecular weight excluding hydrogens is 270 g/mol. The Balaban J connectivity index is 2.11. The highest BCUT2D eigenvalue weighted by molar-refractivity contribution is 6.11. The topological polar surface area (TPSA) is 20.3 Å². The molecule has 2 nitrogen and oxygen atoms in total. The molecule has 3 rings (SSSR count). The molecule has 110 valence electrons. The van der Waals surface area contributed by atoms with Crippen LogP contribution in [0.1, 0.15) is 22.8 Å². The highest BCUT2D eigenvalue weighted by atomic mass is 16.2. The van der Waals surface area contributed by atoms with E-state index in [9.17, 15) is 4.79 Å². The van der Waals surface area contributed by atoms with E-state index in [4.69, 9.17) is 0 Å². The molecule has 0 radical (unpaired) electrons. The molecule has 2 heteroatoms. The van der Waals surface area contributed by atoms with Crippen LogP contribution >= 0.6 is 0 Å². The molecule has 3 aromatic carbocycles.